The summed E-state index contributed by atoms with van der Waals surface area (Å²) in [6.45, 7) is 4.17. The largest absolute Gasteiger partial charge is 0.484 e. The second-order valence-corrected chi connectivity index (χ2v) is 6.84. The predicted octanol–water partition coefficient (Wildman–Crippen LogP) is 3.60. The monoisotopic (exact) mass is 368 g/mol. The summed E-state index contributed by atoms with van der Waals surface area (Å²) in [7, 11) is 0. The van der Waals surface area contributed by atoms with Crippen molar-refractivity contribution in [3.05, 3.63) is 58.1 Å². The quantitative estimate of drug-likeness (QED) is 0.661. The number of thiazole rings is 1. The fourth-order valence-electron chi connectivity index (χ4n) is 2.47. The third kappa shape index (κ3) is 3.84. The normalized spacial score (nSPS) is 11.5. The van der Waals surface area contributed by atoms with Crippen molar-refractivity contribution in [1.29, 1.82) is 0 Å². The molecule has 0 fully saturated rings. The molecule has 0 radical (unpaired) electrons. The number of amides is 1. The number of benzene rings is 2. The van der Waals surface area contributed by atoms with Crippen LogP contribution >= 0.6 is 11.3 Å². The molecule has 0 spiro atoms. The van der Waals surface area contributed by atoms with Crippen molar-refractivity contribution in [1.82, 2.24) is 4.57 Å². The molecule has 0 aliphatic carbocycles. The molecular weight excluding hydrogens is 351 g/mol. The number of aryl methyl sites for hydroxylation is 2. The van der Waals surface area contributed by atoms with E-state index in [9.17, 15) is 9.18 Å². The van der Waals surface area contributed by atoms with Crippen molar-refractivity contribution in [2.24, 2.45) is 4.99 Å². The summed E-state index contributed by atoms with van der Waals surface area (Å²) in [5.41, 5.74) is 3.28. The molecule has 1 heterocycles. The lowest BCUT2D eigenvalue weighted by molar-refractivity contribution is -0.120. The first-order chi connectivity index (χ1) is 12.5. The van der Waals surface area contributed by atoms with Crippen LogP contribution in [0.4, 0.5) is 4.39 Å². The summed E-state index contributed by atoms with van der Waals surface area (Å²) >= 11 is 1.41. The minimum atomic E-state index is -0.430. The van der Waals surface area contributed by atoms with Gasteiger partial charge in [-0.2, -0.15) is 4.99 Å². The van der Waals surface area contributed by atoms with Gasteiger partial charge in [0, 0.05) is 0 Å². The Hall–Kier alpha value is -2.91. The zero-order valence-corrected chi connectivity index (χ0v) is 15.3. The molecule has 132 valence electrons. The molecule has 0 N–H and O–H groups in total. The van der Waals surface area contributed by atoms with Crippen LogP contribution in [-0.4, -0.2) is 17.1 Å². The maximum absolute atomic E-state index is 12.9. The highest BCUT2D eigenvalue weighted by atomic mass is 32.1. The van der Waals surface area contributed by atoms with E-state index >= 15 is 0 Å². The molecule has 1 aromatic heterocycles. The van der Waals surface area contributed by atoms with Crippen molar-refractivity contribution in [2.75, 3.05) is 6.61 Å². The van der Waals surface area contributed by atoms with Crippen LogP contribution in [0.2, 0.25) is 0 Å². The van der Waals surface area contributed by atoms with Crippen molar-refractivity contribution in [2.45, 2.75) is 20.4 Å². The minimum absolute atomic E-state index is 0.228. The van der Waals surface area contributed by atoms with Gasteiger partial charge in [0.2, 0.25) is 0 Å². The van der Waals surface area contributed by atoms with E-state index in [1.165, 1.54) is 41.2 Å². The van der Waals surface area contributed by atoms with Gasteiger partial charge in [-0.3, -0.25) is 4.79 Å². The summed E-state index contributed by atoms with van der Waals surface area (Å²) in [6.07, 6.45) is 5.48. The average molecular weight is 368 g/mol. The summed E-state index contributed by atoms with van der Waals surface area (Å²) < 4.78 is 21.1. The van der Waals surface area contributed by atoms with E-state index in [4.69, 9.17) is 11.2 Å². The van der Waals surface area contributed by atoms with Crippen LogP contribution in [0.15, 0.2) is 41.4 Å². The topological polar surface area (TPSA) is 43.6 Å². The first-order valence-electron chi connectivity index (χ1n) is 7.98. The molecule has 3 rings (SSSR count). The molecule has 26 heavy (non-hydrogen) atoms. The standard InChI is InChI=1S/C20H17FN2O2S/c1-4-9-23-17-10-13(2)14(3)11-18(17)26-20(23)22-19(24)12-25-16-7-5-15(21)6-8-16/h1,5-8,10-11H,9,12H2,2-3H3. The lowest BCUT2D eigenvalue weighted by atomic mass is 10.1. The number of aromatic nitrogens is 1. The molecular formula is C20H17FN2O2S. The Balaban J connectivity index is 1.90. The maximum atomic E-state index is 12.9. The number of carbonyl (C=O) groups is 1. The summed E-state index contributed by atoms with van der Waals surface area (Å²) in [4.78, 5) is 16.9. The predicted molar refractivity (Wildman–Crippen MR) is 101 cm³/mol. The number of nitrogens with zero attached hydrogens (tertiary/aromatic N) is 2. The number of terminal acetylenes is 1. The second kappa shape index (κ2) is 7.54. The molecule has 0 saturated carbocycles. The van der Waals surface area contributed by atoms with Crippen LogP contribution in [0.3, 0.4) is 0 Å². The smallest absolute Gasteiger partial charge is 0.286 e. The van der Waals surface area contributed by atoms with E-state index in [1.54, 1.807) is 0 Å². The Kier molecular flexibility index (Phi) is 5.19. The van der Waals surface area contributed by atoms with Crippen LogP contribution in [0.25, 0.3) is 10.2 Å². The highest BCUT2D eigenvalue weighted by molar-refractivity contribution is 7.16. The molecule has 0 atom stereocenters. The van der Waals surface area contributed by atoms with Gasteiger partial charge in [-0.25, -0.2) is 4.39 Å². The van der Waals surface area contributed by atoms with Crippen molar-refractivity contribution in [3.8, 4) is 18.1 Å². The fraction of sp³-hybridized carbons (Fsp3) is 0.200. The average Bonchev–Trinajstić information content (AvgIpc) is 2.92. The third-order valence-electron chi connectivity index (χ3n) is 3.94. The summed E-state index contributed by atoms with van der Waals surface area (Å²) in [5.74, 6) is 2.22. The Morgan fingerprint density at radius 1 is 1.27 bits per heavy atom. The van der Waals surface area contributed by atoms with Gasteiger partial charge < -0.3 is 9.30 Å². The molecule has 0 aliphatic heterocycles. The lowest BCUT2D eigenvalue weighted by Gasteiger charge is -2.04. The zero-order valence-electron chi connectivity index (χ0n) is 14.5. The van der Waals surface area contributed by atoms with Crippen LogP contribution in [0, 0.1) is 32.0 Å². The Bertz CT molecular complexity index is 1070. The van der Waals surface area contributed by atoms with Gasteiger partial charge in [0.1, 0.15) is 11.6 Å². The number of halogens is 1. The Labute approximate surface area is 154 Å². The molecule has 1 amide bonds. The van der Waals surface area contributed by atoms with E-state index < -0.39 is 5.91 Å². The zero-order chi connectivity index (χ0) is 18.7. The molecule has 6 heteroatoms. The van der Waals surface area contributed by atoms with Crippen LogP contribution in [-0.2, 0) is 11.3 Å². The van der Waals surface area contributed by atoms with Gasteiger partial charge in [-0.1, -0.05) is 17.3 Å². The lowest BCUT2D eigenvalue weighted by Crippen LogP contribution is -2.19. The number of rotatable bonds is 4. The van der Waals surface area contributed by atoms with E-state index in [2.05, 4.69) is 23.0 Å². The number of ether oxygens (including phenoxy) is 1. The summed E-state index contributed by atoms with van der Waals surface area (Å²) in [5, 5.41) is 0. The first-order valence-corrected chi connectivity index (χ1v) is 8.79. The number of carbonyl (C=O) groups excluding carboxylic acids is 1. The maximum Gasteiger partial charge on any atom is 0.286 e. The van der Waals surface area contributed by atoms with Gasteiger partial charge in [-0.15, -0.1) is 6.42 Å². The fourth-order valence-corrected chi connectivity index (χ4v) is 3.59. The third-order valence-corrected chi connectivity index (χ3v) is 4.99. The molecule has 0 saturated heterocycles. The van der Waals surface area contributed by atoms with Gasteiger partial charge in [0.15, 0.2) is 11.4 Å². The summed E-state index contributed by atoms with van der Waals surface area (Å²) in [6, 6.07) is 9.60. The first kappa shape index (κ1) is 17.9. The van der Waals surface area contributed by atoms with Crippen LogP contribution in [0.5, 0.6) is 5.75 Å². The van der Waals surface area contributed by atoms with E-state index in [0.717, 1.165) is 15.8 Å². The molecule has 0 unspecified atom stereocenters. The van der Waals surface area contributed by atoms with Gasteiger partial charge in [0.05, 0.1) is 16.8 Å². The highest BCUT2D eigenvalue weighted by Gasteiger charge is 2.09. The number of fused-ring (bicyclic) bond motifs is 1. The van der Waals surface area contributed by atoms with Crippen molar-refractivity contribution < 1.29 is 13.9 Å². The highest BCUT2D eigenvalue weighted by Crippen LogP contribution is 2.22. The molecule has 0 aliphatic rings. The molecule has 2 aromatic carbocycles. The van der Waals surface area contributed by atoms with E-state index in [0.29, 0.717) is 17.1 Å². The second-order valence-electron chi connectivity index (χ2n) is 5.83. The van der Waals surface area contributed by atoms with E-state index in [-0.39, 0.29) is 12.4 Å². The minimum Gasteiger partial charge on any atom is -0.484 e. The van der Waals surface area contributed by atoms with Gasteiger partial charge >= 0.3 is 0 Å². The van der Waals surface area contributed by atoms with Crippen molar-refractivity contribution in [3.63, 3.8) is 0 Å². The Morgan fingerprint density at radius 2 is 1.96 bits per heavy atom. The van der Waals surface area contributed by atoms with Crippen molar-refractivity contribution >= 4 is 27.5 Å². The molecule has 0 bridgehead atoms. The molecule has 4 nitrogen and oxygen atoms in total. The SMILES string of the molecule is C#CCn1c(=NC(=O)COc2ccc(F)cc2)sc2cc(C)c(C)cc21. The van der Waals surface area contributed by atoms with Crippen LogP contribution < -0.4 is 9.54 Å². The van der Waals surface area contributed by atoms with E-state index in [1.807, 2.05) is 18.4 Å². The number of hydrogen-bond acceptors (Lipinski definition) is 3. The van der Waals surface area contributed by atoms with Gasteiger partial charge in [-0.05, 0) is 61.4 Å². The molecule has 3 aromatic rings. The van der Waals surface area contributed by atoms with Gasteiger partial charge in [0.25, 0.3) is 5.91 Å². The Morgan fingerprint density at radius 3 is 2.65 bits per heavy atom. The number of hydrogen-bond donors (Lipinski definition) is 0. The van der Waals surface area contributed by atoms with Crippen LogP contribution in [0.1, 0.15) is 11.1 Å².